The minimum atomic E-state index is -0.419. The predicted octanol–water partition coefficient (Wildman–Crippen LogP) is 2.17. The van der Waals surface area contributed by atoms with E-state index in [9.17, 15) is 4.39 Å². The molecule has 0 bridgehead atoms. The monoisotopic (exact) mass is 137 g/mol. The van der Waals surface area contributed by atoms with Gasteiger partial charge in [-0.2, -0.15) is 4.39 Å². The first kappa shape index (κ1) is 6.93. The quantitative estimate of drug-likeness (QED) is 0.540. The zero-order valence-electron chi connectivity index (χ0n) is 5.76. The van der Waals surface area contributed by atoms with E-state index in [-0.39, 0.29) is 0 Å². The molecule has 0 aliphatic heterocycles. The van der Waals surface area contributed by atoms with Crippen LogP contribution in [0.4, 0.5) is 4.39 Å². The molecule has 10 heavy (non-hydrogen) atoms. The average Bonchev–Trinajstić information content (AvgIpc) is 1.95. The second kappa shape index (κ2) is 2.60. The van der Waals surface area contributed by atoms with Crippen LogP contribution in [0.1, 0.15) is 11.1 Å². The summed E-state index contributed by atoms with van der Waals surface area (Å²) in [5.41, 5.74) is 1.35. The molecule has 0 aliphatic carbocycles. The lowest BCUT2D eigenvalue weighted by atomic mass is 10.1. The largest absolute Gasteiger partial charge is 0.228 e. The second-order valence-electron chi connectivity index (χ2n) is 2.02. The Labute approximate surface area is 59.2 Å². The molecule has 0 atom stereocenters. The van der Waals surface area contributed by atoms with E-state index in [0.29, 0.717) is 5.56 Å². The molecule has 0 saturated carbocycles. The SMILES string of the molecule is C=Cc1ccnc(F)c1C. The molecule has 1 heterocycles. The lowest BCUT2D eigenvalue weighted by Gasteiger charge is -1.97. The molecule has 0 radical (unpaired) electrons. The Bertz CT molecular complexity index is 255. The van der Waals surface area contributed by atoms with Gasteiger partial charge in [0.25, 0.3) is 0 Å². The van der Waals surface area contributed by atoms with E-state index in [1.807, 2.05) is 0 Å². The fourth-order valence-electron chi connectivity index (χ4n) is 0.745. The molecular formula is C8H8FN. The second-order valence-corrected chi connectivity index (χ2v) is 2.02. The van der Waals surface area contributed by atoms with Crippen LogP contribution in [0.15, 0.2) is 18.8 Å². The molecular weight excluding hydrogens is 129 g/mol. The molecule has 1 aromatic heterocycles. The average molecular weight is 137 g/mol. The van der Waals surface area contributed by atoms with Crippen molar-refractivity contribution in [3.05, 3.63) is 35.9 Å². The topological polar surface area (TPSA) is 12.9 Å². The zero-order valence-corrected chi connectivity index (χ0v) is 5.76. The van der Waals surface area contributed by atoms with Crippen LogP contribution in [0.2, 0.25) is 0 Å². The van der Waals surface area contributed by atoms with Crippen LogP contribution >= 0.6 is 0 Å². The summed E-state index contributed by atoms with van der Waals surface area (Å²) in [5.74, 6) is -0.419. The first-order valence-corrected chi connectivity index (χ1v) is 2.99. The summed E-state index contributed by atoms with van der Waals surface area (Å²) < 4.78 is 12.6. The fourth-order valence-corrected chi connectivity index (χ4v) is 0.745. The predicted molar refractivity (Wildman–Crippen MR) is 39.0 cm³/mol. The highest BCUT2D eigenvalue weighted by atomic mass is 19.1. The highest BCUT2D eigenvalue weighted by molar-refractivity contribution is 5.50. The highest BCUT2D eigenvalue weighted by Crippen LogP contribution is 2.09. The standard InChI is InChI=1S/C8H8FN/c1-3-7-4-5-10-8(9)6(7)2/h3-5H,1H2,2H3. The lowest BCUT2D eigenvalue weighted by Crippen LogP contribution is -1.89. The van der Waals surface area contributed by atoms with E-state index in [1.54, 1.807) is 19.1 Å². The smallest absolute Gasteiger partial charge is 0.216 e. The summed E-state index contributed by atoms with van der Waals surface area (Å²) in [6.07, 6.45) is 3.04. The van der Waals surface area contributed by atoms with Gasteiger partial charge in [-0.15, -0.1) is 0 Å². The minimum absolute atomic E-state index is 0.419. The van der Waals surface area contributed by atoms with Crippen molar-refractivity contribution in [1.29, 1.82) is 0 Å². The van der Waals surface area contributed by atoms with Crippen molar-refractivity contribution in [3.8, 4) is 0 Å². The maximum absolute atomic E-state index is 12.6. The third-order valence-electron chi connectivity index (χ3n) is 1.40. The summed E-state index contributed by atoms with van der Waals surface area (Å²) in [6.45, 7) is 5.22. The molecule has 1 nitrogen and oxygen atoms in total. The normalized spacial score (nSPS) is 9.40. The molecule has 0 amide bonds. The molecule has 0 fully saturated rings. The maximum Gasteiger partial charge on any atom is 0.216 e. The number of aromatic nitrogens is 1. The summed E-state index contributed by atoms with van der Waals surface area (Å²) in [6, 6.07) is 1.73. The molecule has 2 heteroatoms. The Balaban J connectivity index is 3.27. The van der Waals surface area contributed by atoms with E-state index in [4.69, 9.17) is 0 Å². The van der Waals surface area contributed by atoms with E-state index in [2.05, 4.69) is 11.6 Å². The Morgan fingerprint density at radius 3 is 2.90 bits per heavy atom. The molecule has 0 aliphatic rings. The van der Waals surface area contributed by atoms with Crippen LogP contribution in [0.5, 0.6) is 0 Å². The van der Waals surface area contributed by atoms with Gasteiger partial charge < -0.3 is 0 Å². The fraction of sp³-hybridized carbons (Fsp3) is 0.125. The van der Waals surface area contributed by atoms with Gasteiger partial charge in [-0.25, -0.2) is 4.98 Å². The van der Waals surface area contributed by atoms with Gasteiger partial charge in [0.15, 0.2) is 0 Å². The number of pyridine rings is 1. The van der Waals surface area contributed by atoms with E-state index in [1.165, 1.54) is 6.20 Å². The van der Waals surface area contributed by atoms with E-state index >= 15 is 0 Å². The molecule has 52 valence electrons. The third-order valence-corrected chi connectivity index (χ3v) is 1.40. The van der Waals surface area contributed by atoms with Gasteiger partial charge in [-0.1, -0.05) is 12.7 Å². The number of hydrogen-bond donors (Lipinski definition) is 0. The van der Waals surface area contributed by atoms with Gasteiger partial charge in [0, 0.05) is 11.8 Å². The van der Waals surface area contributed by atoms with Crippen LogP contribution in [0.3, 0.4) is 0 Å². The molecule has 0 spiro atoms. The molecule has 0 saturated heterocycles. The number of hydrogen-bond acceptors (Lipinski definition) is 1. The van der Waals surface area contributed by atoms with Gasteiger partial charge in [0.1, 0.15) is 0 Å². The van der Waals surface area contributed by atoms with Gasteiger partial charge in [-0.3, -0.25) is 0 Å². The first-order valence-electron chi connectivity index (χ1n) is 2.99. The number of rotatable bonds is 1. The highest BCUT2D eigenvalue weighted by Gasteiger charge is 1.99. The van der Waals surface area contributed by atoms with Crippen LogP contribution in [0.25, 0.3) is 6.08 Å². The summed E-state index contributed by atoms with van der Waals surface area (Å²) in [7, 11) is 0. The van der Waals surface area contributed by atoms with Crippen molar-refractivity contribution >= 4 is 6.08 Å². The van der Waals surface area contributed by atoms with Crippen molar-refractivity contribution < 1.29 is 4.39 Å². The van der Waals surface area contributed by atoms with Crippen molar-refractivity contribution in [1.82, 2.24) is 4.98 Å². The van der Waals surface area contributed by atoms with Crippen molar-refractivity contribution in [2.24, 2.45) is 0 Å². The van der Waals surface area contributed by atoms with E-state index in [0.717, 1.165) is 5.56 Å². The van der Waals surface area contributed by atoms with Crippen molar-refractivity contribution in [2.75, 3.05) is 0 Å². The Hall–Kier alpha value is -1.18. The van der Waals surface area contributed by atoms with Crippen molar-refractivity contribution in [3.63, 3.8) is 0 Å². The van der Waals surface area contributed by atoms with Gasteiger partial charge >= 0.3 is 0 Å². The molecule has 0 aromatic carbocycles. The summed E-state index contributed by atoms with van der Waals surface area (Å²) in [4.78, 5) is 3.47. The summed E-state index contributed by atoms with van der Waals surface area (Å²) in [5, 5.41) is 0. The van der Waals surface area contributed by atoms with Crippen LogP contribution in [0, 0.1) is 12.9 Å². The molecule has 1 rings (SSSR count). The molecule has 0 N–H and O–H groups in total. The number of nitrogens with zero attached hydrogens (tertiary/aromatic N) is 1. The Morgan fingerprint density at radius 2 is 2.40 bits per heavy atom. The van der Waals surface area contributed by atoms with Gasteiger partial charge in [-0.05, 0) is 18.6 Å². The van der Waals surface area contributed by atoms with Crippen LogP contribution in [-0.2, 0) is 0 Å². The summed E-state index contributed by atoms with van der Waals surface area (Å²) >= 11 is 0. The van der Waals surface area contributed by atoms with Gasteiger partial charge in [0.05, 0.1) is 0 Å². The number of halogens is 1. The third kappa shape index (κ3) is 1.05. The lowest BCUT2D eigenvalue weighted by molar-refractivity contribution is 0.574. The van der Waals surface area contributed by atoms with Gasteiger partial charge in [0.2, 0.25) is 5.95 Å². The molecule has 1 aromatic rings. The first-order chi connectivity index (χ1) is 4.75. The van der Waals surface area contributed by atoms with Crippen LogP contribution < -0.4 is 0 Å². The zero-order chi connectivity index (χ0) is 7.56. The Morgan fingerprint density at radius 1 is 1.70 bits per heavy atom. The van der Waals surface area contributed by atoms with Crippen LogP contribution in [-0.4, -0.2) is 4.98 Å². The molecule has 0 unspecified atom stereocenters. The Kier molecular flexibility index (Phi) is 1.81. The minimum Gasteiger partial charge on any atom is -0.228 e. The maximum atomic E-state index is 12.6. The van der Waals surface area contributed by atoms with E-state index < -0.39 is 5.95 Å². The van der Waals surface area contributed by atoms with Crippen molar-refractivity contribution in [2.45, 2.75) is 6.92 Å².